The number of rotatable bonds is 9. The van der Waals surface area contributed by atoms with Crippen molar-refractivity contribution in [2.75, 3.05) is 7.11 Å². The molecule has 0 aromatic carbocycles. The van der Waals surface area contributed by atoms with E-state index in [4.69, 9.17) is 10.6 Å². The van der Waals surface area contributed by atoms with Crippen LogP contribution in [-0.4, -0.2) is 19.3 Å². The summed E-state index contributed by atoms with van der Waals surface area (Å²) in [5.74, 6) is 6.34. The molecule has 3 heteroatoms. The maximum Gasteiger partial charge on any atom is 0.0737 e. The summed E-state index contributed by atoms with van der Waals surface area (Å²) in [7, 11) is 1.77. The topological polar surface area (TPSA) is 47.3 Å². The lowest BCUT2D eigenvalue weighted by Crippen LogP contribution is -2.44. The monoisotopic (exact) mass is 216 g/mol. The molecule has 0 aliphatic carbocycles. The Bertz CT molecular complexity index is 140. The molecule has 0 radical (unpaired) electrons. The summed E-state index contributed by atoms with van der Waals surface area (Å²) in [6.07, 6.45) is 6.06. The van der Waals surface area contributed by atoms with Gasteiger partial charge < -0.3 is 4.74 Å². The van der Waals surface area contributed by atoms with Gasteiger partial charge in [0.25, 0.3) is 0 Å². The number of hydrazine groups is 1. The minimum absolute atomic E-state index is 0.257. The van der Waals surface area contributed by atoms with Crippen molar-refractivity contribution in [3.05, 3.63) is 0 Å². The Morgan fingerprint density at radius 2 is 1.87 bits per heavy atom. The second-order valence-electron chi connectivity index (χ2n) is 4.66. The van der Waals surface area contributed by atoms with Gasteiger partial charge in [0.05, 0.1) is 6.10 Å². The van der Waals surface area contributed by atoms with E-state index < -0.39 is 0 Å². The van der Waals surface area contributed by atoms with Crippen molar-refractivity contribution in [3.8, 4) is 0 Å². The van der Waals surface area contributed by atoms with Crippen LogP contribution in [0.3, 0.4) is 0 Å². The number of hydrogen-bond donors (Lipinski definition) is 2. The molecule has 0 bridgehead atoms. The fourth-order valence-electron chi connectivity index (χ4n) is 1.89. The first-order valence-electron chi connectivity index (χ1n) is 6.14. The highest BCUT2D eigenvalue weighted by Crippen LogP contribution is 2.14. The molecular formula is C12H28N2O. The van der Waals surface area contributed by atoms with Crippen LogP contribution < -0.4 is 11.3 Å². The molecule has 0 rings (SSSR count). The van der Waals surface area contributed by atoms with Gasteiger partial charge >= 0.3 is 0 Å². The molecule has 0 aliphatic heterocycles. The molecule has 0 aromatic heterocycles. The average molecular weight is 216 g/mol. The van der Waals surface area contributed by atoms with Gasteiger partial charge in [0, 0.05) is 13.2 Å². The van der Waals surface area contributed by atoms with Crippen LogP contribution in [0, 0.1) is 5.92 Å². The molecule has 0 aliphatic rings. The summed E-state index contributed by atoms with van der Waals surface area (Å²) >= 11 is 0. The lowest BCUT2D eigenvalue weighted by atomic mass is 9.98. The molecule has 0 aromatic rings. The van der Waals surface area contributed by atoms with Gasteiger partial charge in [0.2, 0.25) is 0 Å². The molecule has 3 nitrogen and oxygen atoms in total. The summed E-state index contributed by atoms with van der Waals surface area (Å²) in [6.45, 7) is 6.68. The Morgan fingerprint density at radius 3 is 2.27 bits per heavy atom. The van der Waals surface area contributed by atoms with E-state index in [1.807, 2.05) is 0 Å². The molecule has 0 saturated heterocycles. The van der Waals surface area contributed by atoms with Crippen LogP contribution in [-0.2, 0) is 4.74 Å². The Kier molecular flexibility index (Phi) is 9.06. The normalized spacial score (nSPS) is 15.6. The van der Waals surface area contributed by atoms with E-state index in [2.05, 4.69) is 26.2 Å². The van der Waals surface area contributed by atoms with Crippen molar-refractivity contribution < 1.29 is 4.74 Å². The van der Waals surface area contributed by atoms with E-state index in [1.54, 1.807) is 7.11 Å². The second kappa shape index (κ2) is 9.13. The summed E-state index contributed by atoms with van der Waals surface area (Å²) in [6, 6.07) is 0.300. The molecule has 15 heavy (non-hydrogen) atoms. The van der Waals surface area contributed by atoms with Gasteiger partial charge in [-0.1, -0.05) is 40.0 Å². The first-order chi connectivity index (χ1) is 7.15. The van der Waals surface area contributed by atoms with Crippen LogP contribution in [0.2, 0.25) is 0 Å². The van der Waals surface area contributed by atoms with Gasteiger partial charge in [0.1, 0.15) is 0 Å². The zero-order valence-electron chi connectivity index (χ0n) is 10.8. The molecule has 0 saturated carbocycles. The molecular weight excluding hydrogens is 188 g/mol. The van der Waals surface area contributed by atoms with Gasteiger partial charge in [-0.3, -0.25) is 11.3 Å². The van der Waals surface area contributed by atoms with E-state index >= 15 is 0 Å². The van der Waals surface area contributed by atoms with Crippen molar-refractivity contribution >= 4 is 0 Å². The number of nitrogens with two attached hydrogens (primary N) is 1. The third-order valence-electron chi connectivity index (χ3n) is 2.84. The third kappa shape index (κ3) is 6.88. The Labute approximate surface area is 94.7 Å². The molecule has 0 amide bonds. The molecule has 0 heterocycles. The molecule has 0 spiro atoms. The number of nitrogens with one attached hydrogen (secondary N) is 1. The van der Waals surface area contributed by atoms with Gasteiger partial charge in [-0.25, -0.2) is 0 Å². The predicted octanol–water partition coefficient (Wildman–Crippen LogP) is 2.46. The van der Waals surface area contributed by atoms with Gasteiger partial charge in [-0.2, -0.15) is 0 Å². The van der Waals surface area contributed by atoms with E-state index in [9.17, 15) is 0 Å². The summed E-state index contributed by atoms with van der Waals surface area (Å²) in [5, 5.41) is 0. The van der Waals surface area contributed by atoms with Crippen LogP contribution >= 0.6 is 0 Å². The minimum atomic E-state index is 0.257. The van der Waals surface area contributed by atoms with Gasteiger partial charge in [-0.05, 0) is 18.8 Å². The molecule has 92 valence electrons. The standard InChI is InChI=1S/C12H28N2O/c1-5-7-12(15-4)11(14-13)9-6-8-10(2)3/h10-12,14H,5-9,13H2,1-4H3. The van der Waals surface area contributed by atoms with E-state index in [0.29, 0.717) is 6.04 Å². The Balaban J connectivity index is 3.86. The van der Waals surface area contributed by atoms with Crippen LogP contribution in [0.4, 0.5) is 0 Å². The molecule has 2 atom stereocenters. The molecule has 3 N–H and O–H groups in total. The number of ether oxygens (including phenoxy) is 1. The highest BCUT2D eigenvalue weighted by atomic mass is 16.5. The quantitative estimate of drug-likeness (QED) is 0.460. The summed E-state index contributed by atoms with van der Waals surface area (Å²) in [5.41, 5.74) is 2.89. The summed E-state index contributed by atoms with van der Waals surface area (Å²) in [4.78, 5) is 0. The maximum atomic E-state index is 5.57. The van der Waals surface area contributed by atoms with Crippen LogP contribution in [0.15, 0.2) is 0 Å². The summed E-state index contributed by atoms with van der Waals surface area (Å²) < 4.78 is 5.46. The number of methoxy groups -OCH3 is 1. The van der Waals surface area contributed by atoms with Gasteiger partial charge in [-0.15, -0.1) is 0 Å². The van der Waals surface area contributed by atoms with E-state index in [0.717, 1.165) is 25.2 Å². The lowest BCUT2D eigenvalue weighted by molar-refractivity contribution is 0.0570. The largest absolute Gasteiger partial charge is 0.380 e. The smallest absolute Gasteiger partial charge is 0.0737 e. The predicted molar refractivity (Wildman–Crippen MR) is 65.5 cm³/mol. The maximum absolute atomic E-state index is 5.57. The first kappa shape index (κ1) is 14.9. The van der Waals surface area contributed by atoms with Crippen LogP contribution in [0.25, 0.3) is 0 Å². The van der Waals surface area contributed by atoms with Crippen molar-refractivity contribution in [1.82, 2.24) is 5.43 Å². The SMILES string of the molecule is CCCC(OC)C(CCCC(C)C)NN. The zero-order chi connectivity index (χ0) is 11.7. The lowest BCUT2D eigenvalue weighted by Gasteiger charge is -2.25. The van der Waals surface area contributed by atoms with Gasteiger partial charge in [0.15, 0.2) is 0 Å². The highest BCUT2D eigenvalue weighted by Gasteiger charge is 2.18. The van der Waals surface area contributed by atoms with E-state index in [-0.39, 0.29) is 6.10 Å². The van der Waals surface area contributed by atoms with Crippen molar-refractivity contribution in [3.63, 3.8) is 0 Å². The molecule has 0 fully saturated rings. The Hall–Kier alpha value is -0.120. The Morgan fingerprint density at radius 1 is 1.20 bits per heavy atom. The minimum Gasteiger partial charge on any atom is -0.380 e. The average Bonchev–Trinajstić information content (AvgIpc) is 2.21. The van der Waals surface area contributed by atoms with E-state index in [1.165, 1.54) is 12.8 Å². The fraction of sp³-hybridized carbons (Fsp3) is 1.00. The van der Waals surface area contributed by atoms with Crippen LogP contribution in [0.5, 0.6) is 0 Å². The van der Waals surface area contributed by atoms with Crippen molar-refractivity contribution in [2.45, 2.75) is 65.0 Å². The van der Waals surface area contributed by atoms with Crippen molar-refractivity contribution in [2.24, 2.45) is 11.8 Å². The fourth-order valence-corrected chi connectivity index (χ4v) is 1.89. The first-order valence-corrected chi connectivity index (χ1v) is 6.14. The third-order valence-corrected chi connectivity index (χ3v) is 2.84. The van der Waals surface area contributed by atoms with Crippen LogP contribution in [0.1, 0.15) is 52.9 Å². The number of hydrogen-bond acceptors (Lipinski definition) is 3. The second-order valence-corrected chi connectivity index (χ2v) is 4.66. The zero-order valence-corrected chi connectivity index (χ0v) is 10.8. The molecule has 2 unspecified atom stereocenters. The van der Waals surface area contributed by atoms with Crippen molar-refractivity contribution in [1.29, 1.82) is 0 Å². The highest BCUT2D eigenvalue weighted by molar-refractivity contribution is 4.74.